The van der Waals surface area contributed by atoms with Crippen LogP contribution in [-0.4, -0.2) is 9.55 Å². The molecule has 0 spiro atoms. The van der Waals surface area contributed by atoms with Gasteiger partial charge in [-0.1, -0.05) is 66.7 Å². The van der Waals surface area contributed by atoms with Crippen LogP contribution in [0.15, 0.2) is 95.4 Å². The number of aromatic nitrogens is 2. The molecule has 142 valence electrons. The number of oxazole rings is 1. The second-order valence-electron chi connectivity index (χ2n) is 7.27. The van der Waals surface area contributed by atoms with E-state index < -0.39 is 0 Å². The van der Waals surface area contributed by atoms with Crippen LogP contribution in [-0.2, 0) is 13.0 Å². The zero-order valence-corrected chi connectivity index (χ0v) is 16.4. The second-order valence-corrected chi connectivity index (χ2v) is 7.27. The first kappa shape index (κ1) is 17.5. The van der Waals surface area contributed by atoms with Crippen molar-refractivity contribution in [2.24, 2.45) is 0 Å². The van der Waals surface area contributed by atoms with Crippen LogP contribution < -0.4 is 0 Å². The molecular formula is C26H22N2O. The third-order valence-corrected chi connectivity index (χ3v) is 5.34. The highest BCUT2D eigenvalue weighted by molar-refractivity contribution is 5.81. The van der Waals surface area contributed by atoms with E-state index in [-0.39, 0.29) is 0 Å². The molecule has 0 amide bonds. The van der Waals surface area contributed by atoms with Gasteiger partial charge in [0.2, 0.25) is 5.89 Å². The van der Waals surface area contributed by atoms with E-state index >= 15 is 0 Å². The first-order valence-electron chi connectivity index (χ1n) is 9.95. The van der Waals surface area contributed by atoms with Crippen LogP contribution >= 0.6 is 0 Å². The summed E-state index contributed by atoms with van der Waals surface area (Å²) >= 11 is 0. The highest BCUT2D eigenvalue weighted by Gasteiger charge is 2.17. The SMILES string of the molecule is Cc1cc2ccccc2n1CCc1nc(-c2ccccc2)oc1-c1ccccc1. The lowest BCUT2D eigenvalue weighted by molar-refractivity contribution is 0.586. The number of para-hydroxylation sites is 1. The lowest BCUT2D eigenvalue weighted by Crippen LogP contribution is -2.04. The van der Waals surface area contributed by atoms with Crippen LogP contribution in [0.5, 0.6) is 0 Å². The van der Waals surface area contributed by atoms with E-state index in [1.807, 2.05) is 48.5 Å². The Morgan fingerprint density at radius 3 is 2.21 bits per heavy atom. The quantitative estimate of drug-likeness (QED) is 0.349. The Kier molecular flexibility index (Phi) is 4.49. The van der Waals surface area contributed by atoms with Crippen LogP contribution in [0.1, 0.15) is 11.4 Å². The maximum absolute atomic E-state index is 6.25. The average molecular weight is 378 g/mol. The number of aryl methyl sites for hydroxylation is 3. The number of rotatable bonds is 5. The maximum atomic E-state index is 6.25. The second kappa shape index (κ2) is 7.44. The fourth-order valence-corrected chi connectivity index (χ4v) is 3.90. The molecule has 2 aromatic heterocycles. The molecule has 0 atom stereocenters. The molecule has 0 fully saturated rings. The third-order valence-electron chi connectivity index (χ3n) is 5.34. The van der Waals surface area contributed by atoms with Gasteiger partial charge in [0.05, 0.1) is 5.69 Å². The van der Waals surface area contributed by atoms with E-state index in [2.05, 4.69) is 54.0 Å². The Morgan fingerprint density at radius 2 is 1.45 bits per heavy atom. The number of fused-ring (bicyclic) bond motifs is 1. The first-order chi connectivity index (χ1) is 14.3. The van der Waals surface area contributed by atoms with Crippen molar-refractivity contribution in [3.05, 3.63) is 102 Å². The minimum absolute atomic E-state index is 0.675. The monoisotopic (exact) mass is 378 g/mol. The summed E-state index contributed by atoms with van der Waals surface area (Å²) in [5, 5.41) is 1.28. The predicted octanol–water partition coefficient (Wildman–Crippen LogP) is 6.51. The fraction of sp³-hybridized carbons (Fsp3) is 0.115. The summed E-state index contributed by atoms with van der Waals surface area (Å²) < 4.78 is 8.62. The Balaban J connectivity index is 1.53. The summed E-state index contributed by atoms with van der Waals surface area (Å²) in [4.78, 5) is 4.89. The summed E-state index contributed by atoms with van der Waals surface area (Å²) in [5.74, 6) is 1.53. The van der Waals surface area contributed by atoms with Crippen molar-refractivity contribution in [2.75, 3.05) is 0 Å². The molecular weight excluding hydrogens is 356 g/mol. The molecule has 3 aromatic carbocycles. The summed E-state index contributed by atoms with van der Waals surface area (Å²) in [6.45, 7) is 3.02. The summed E-state index contributed by atoms with van der Waals surface area (Å²) in [7, 11) is 0. The normalized spacial score (nSPS) is 11.2. The van der Waals surface area contributed by atoms with Crippen molar-refractivity contribution >= 4 is 10.9 Å². The summed E-state index contributed by atoms with van der Waals surface area (Å²) in [6, 6.07) is 31.1. The number of hydrogen-bond acceptors (Lipinski definition) is 2. The molecule has 0 saturated carbocycles. The van der Waals surface area contributed by atoms with E-state index in [0.29, 0.717) is 5.89 Å². The third kappa shape index (κ3) is 3.36. The largest absolute Gasteiger partial charge is 0.436 e. The molecule has 3 heteroatoms. The maximum Gasteiger partial charge on any atom is 0.227 e. The van der Waals surface area contributed by atoms with Crippen LogP contribution in [0.4, 0.5) is 0 Å². The average Bonchev–Trinajstić information content (AvgIpc) is 3.34. The van der Waals surface area contributed by atoms with E-state index in [1.165, 1.54) is 16.6 Å². The highest BCUT2D eigenvalue weighted by atomic mass is 16.4. The summed E-state index contributed by atoms with van der Waals surface area (Å²) in [6.07, 6.45) is 0.806. The molecule has 5 rings (SSSR count). The number of hydrogen-bond donors (Lipinski definition) is 0. The standard InChI is InChI=1S/C26H22N2O/c1-19-18-22-14-8-9-15-24(22)28(19)17-16-23-25(20-10-4-2-5-11-20)29-26(27-23)21-12-6-3-7-13-21/h2-15,18H,16-17H2,1H3. The zero-order chi connectivity index (χ0) is 19.6. The minimum Gasteiger partial charge on any atom is -0.436 e. The van der Waals surface area contributed by atoms with E-state index in [0.717, 1.165) is 35.5 Å². The van der Waals surface area contributed by atoms with Crippen LogP contribution in [0.25, 0.3) is 33.7 Å². The van der Waals surface area contributed by atoms with Crippen LogP contribution in [0.3, 0.4) is 0 Å². The van der Waals surface area contributed by atoms with Crippen molar-refractivity contribution in [1.82, 2.24) is 9.55 Å². The number of benzene rings is 3. The van der Waals surface area contributed by atoms with Gasteiger partial charge >= 0.3 is 0 Å². The lowest BCUT2D eigenvalue weighted by Gasteiger charge is -2.08. The molecule has 0 bridgehead atoms. The predicted molar refractivity (Wildman–Crippen MR) is 118 cm³/mol. The Hall–Kier alpha value is -3.59. The summed E-state index contributed by atoms with van der Waals surface area (Å²) in [5.41, 5.74) is 5.58. The van der Waals surface area contributed by atoms with E-state index in [4.69, 9.17) is 9.40 Å². The molecule has 0 N–H and O–H groups in total. The van der Waals surface area contributed by atoms with Crippen molar-refractivity contribution in [1.29, 1.82) is 0 Å². The van der Waals surface area contributed by atoms with Gasteiger partial charge in [-0.15, -0.1) is 0 Å². The van der Waals surface area contributed by atoms with Crippen LogP contribution in [0, 0.1) is 6.92 Å². The smallest absolute Gasteiger partial charge is 0.227 e. The highest BCUT2D eigenvalue weighted by Crippen LogP contribution is 2.30. The van der Waals surface area contributed by atoms with Gasteiger partial charge in [-0.3, -0.25) is 0 Å². The van der Waals surface area contributed by atoms with Gasteiger partial charge < -0.3 is 8.98 Å². The van der Waals surface area contributed by atoms with E-state index in [9.17, 15) is 0 Å². The molecule has 0 aliphatic heterocycles. The van der Waals surface area contributed by atoms with Gasteiger partial charge in [-0.2, -0.15) is 0 Å². The fourth-order valence-electron chi connectivity index (χ4n) is 3.90. The van der Waals surface area contributed by atoms with Gasteiger partial charge in [0.15, 0.2) is 5.76 Å². The molecule has 2 heterocycles. The molecule has 29 heavy (non-hydrogen) atoms. The van der Waals surface area contributed by atoms with Crippen molar-refractivity contribution in [3.63, 3.8) is 0 Å². The van der Waals surface area contributed by atoms with Gasteiger partial charge in [0.1, 0.15) is 0 Å². The van der Waals surface area contributed by atoms with Crippen molar-refractivity contribution in [2.45, 2.75) is 19.9 Å². The lowest BCUT2D eigenvalue weighted by atomic mass is 10.1. The molecule has 0 unspecified atom stereocenters. The molecule has 0 aliphatic rings. The van der Waals surface area contributed by atoms with E-state index in [1.54, 1.807) is 0 Å². The molecule has 0 radical (unpaired) electrons. The minimum atomic E-state index is 0.675. The van der Waals surface area contributed by atoms with Crippen molar-refractivity contribution in [3.8, 4) is 22.8 Å². The zero-order valence-electron chi connectivity index (χ0n) is 16.4. The van der Waals surface area contributed by atoms with Crippen molar-refractivity contribution < 1.29 is 4.42 Å². The Bertz CT molecular complexity index is 1250. The molecule has 3 nitrogen and oxygen atoms in total. The van der Waals surface area contributed by atoms with Crippen LogP contribution in [0.2, 0.25) is 0 Å². The molecule has 0 saturated heterocycles. The van der Waals surface area contributed by atoms with Gasteiger partial charge in [-0.25, -0.2) is 4.98 Å². The Morgan fingerprint density at radius 1 is 0.793 bits per heavy atom. The topological polar surface area (TPSA) is 31.0 Å². The van der Waals surface area contributed by atoms with Gasteiger partial charge in [0, 0.05) is 35.3 Å². The molecule has 0 aliphatic carbocycles. The first-order valence-corrected chi connectivity index (χ1v) is 9.95. The Labute approximate surface area is 170 Å². The van der Waals surface area contributed by atoms with Gasteiger partial charge in [0.25, 0.3) is 0 Å². The van der Waals surface area contributed by atoms with Gasteiger partial charge in [-0.05, 0) is 36.6 Å². The number of nitrogens with zero attached hydrogens (tertiary/aromatic N) is 2. The molecule has 5 aromatic rings.